The second-order valence-corrected chi connectivity index (χ2v) is 9.38. The number of carbonyl (C=O) groups excluding carboxylic acids is 2. The zero-order valence-electron chi connectivity index (χ0n) is 14.7. The van der Waals surface area contributed by atoms with E-state index in [1.807, 2.05) is 0 Å². The predicted octanol–water partition coefficient (Wildman–Crippen LogP) is 2.54. The van der Waals surface area contributed by atoms with E-state index >= 15 is 0 Å². The number of anilines is 1. The van der Waals surface area contributed by atoms with E-state index in [0.717, 1.165) is 6.26 Å². The highest BCUT2D eigenvalue weighted by atomic mass is 35.5. The Bertz CT molecular complexity index is 1020. The smallest absolute Gasteiger partial charge is 0.414 e. The van der Waals surface area contributed by atoms with Gasteiger partial charge < -0.3 is 10.1 Å². The predicted molar refractivity (Wildman–Crippen MR) is 108 cm³/mol. The van der Waals surface area contributed by atoms with E-state index in [9.17, 15) is 18.0 Å². The molecular formula is C17H16ClN3O5S2. The molecule has 2 amide bonds. The highest BCUT2D eigenvalue weighted by Crippen LogP contribution is 2.23. The van der Waals surface area contributed by atoms with Gasteiger partial charge in [-0.25, -0.2) is 13.2 Å². The SMILES string of the molecule is CS(=O)(=O)N=Cc1ccc(N2C[C@H](CNC(=O)c3ccc(Cl)s3)OC2=O)cc1. The number of thiophene rings is 1. The number of amides is 2. The molecule has 0 radical (unpaired) electrons. The largest absolute Gasteiger partial charge is 0.442 e. The summed E-state index contributed by atoms with van der Waals surface area (Å²) < 4.78 is 31.4. The Labute approximate surface area is 170 Å². The number of rotatable bonds is 6. The highest BCUT2D eigenvalue weighted by Gasteiger charge is 2.32. The fraction of sp³-hybridized carbons (Fsp3) is 0.235. The van der Waals surface area contributed by atoms with Gasteiger partial charge in [-0.15, -0.1) is 11.3 Å². The zero-order valence-corrected chi connectivity index (χ0v) is 17.1. The van der Waals surface area contributed by atoms with Gasteiger partial charge in [-0.3, -0.25) is 9.69 Å². The van der Waals surface area contributed by atoms with Gasteiger partial charge in [0.15, 0.2) is 0 Å². The molecule has 0 aliphatic carbocycles. The van der Waals surface area contributed by atoms with Crippen LogP contribution >= 0.6 is 22.9 Å². The van der Waals surface area contributed by atoms with Crippen LogP contribution in [0.3, 0.4) is 0 Å². The van der Waals surface area contributed by atoms with Gasteiger partial charge >= 0.3 is 6.09 Å². The minimum Gasteiger partial charge on any atom is -0.442 e. The minimum absolute atomic E-state index is 0.176. The van der Waals surface area contributed by atoms with E-state index in [-0.39, 0.29) is 19.0 Å². The topological polar surface area (TPSA) is 105 Å². The normalized spacial score (nSPS) is 17.1. The van der Waals surface area contributed by atoms with Gasteiger partial charge in [0.2, 0.25) is 10.0 Å². The summed E-state index contributed by atoms with van der Waals surface area (Å²) in [5, 5.41) is 2.72. The van der Waals surface area contributed by atoms with Crippen molar-refractivity contribution in [1.82, 2.24) is 5.32 Å². The molecule has 1 aromatic carbocycles. The first-order chi connectivity index (χ1) is 13.2. The molecule has 2 heterocycles. The molecule has 1 saturated heterocycles. The highest BCUT2D eigenvalue weighted by molar-refractivity contribution is 7.89. The van der Waals surface area contributed by atoms with Crippen molar-refractivity contribution >= 4 is 56.9 Å². The maximum absolute atomic E-state index is 12.1. The first kappa shape index (κ1) is 20.3. The Morgan fingerprint density at radius 1 is 1.36 bits per heavy atom. The number of benzene rings is 1. The number of cyclic esters (lactones) is 1. The number of nitrogens with zero attached hydrogens (tertiary/aromatic N) is 2. The molecule has 1 N–H and O–H groups in total. The van der Waals surface area contributed by atoms with E-state index in [4.69, 9.17) is 16.3 Å². The molecule has 1 aliphatic rings. The maximum atomic E-state index is 12.1. The van der Waals surface area contributed by atoms with Crippen molar-refractivity contribution in [3.8, 4) is 0 Å². The third kappa shape index (κ3) is 5.31. The van der Waals surface area contributed by atoms with E-state index in [1.165, 1.54) is 22.5 Å². The van der Waals surface area contributed by atoms with E-state index in [1.54, 1.807) is 36.4 Å². The van der Waals surface area contributed by atoms with Crippen molar-refractivity contribution in [2.75, 3.05) is 24.2 Å². The number of sulfonamides is 1. The number of halogens is 1. The molecule has 3 rings (SSSR count). The summed E-state index contributed by atoms with van der Waals surface area (Å²) in [5.41, 5.74) is 1.18. The third-order valence-electron chi connectivity index (χ3n) is 3.76. The van der Waals surface area contributed by atoms with Crippen LogP contribution < -0.4 is 10.2 Å². The minimum atomic E-state index is -3.45. The average Bonchev–Trinajstić information content (AvgIpc) is 3.23. The fourth-order valence-corrected chi connectivity index (χ4v) is 3.74. The van der Waals surface area contributed by atoms with Crippen LogP contribution in [-0.2, 0) is 14.8 Å². The zero-order chi connectivity index (χ0) is 20.3. The summed E-state index contributed by atoms with van der Waals surface area (Å²) in [6, 6.07) is 9.89. The summed E-state index contributed by atoms with van der Waals surface area (Å²) in [6.07, 6.45) is 1.23. The number of carbonyl (C=O) groups is 2. The quantitative estimate of drug-likeness (QED) is 0.693. The van der Waals surface area contributed by atoms with Gasteiger partial charge in [0.1, 0.15) is 6.10 Å². The van der Waals surface area contributed by atoms with Crippen molar-refractivity contribution in [3.05, 3.63) is 51.2 Å². The monoisotopic (exact) mass is 441 g/mol. The van der Waals surface area contributed by atoms with Crippen molar-refractivity contribution in [2.45, 2.75) is 6.10 Å². The van der Waals surface area contributed by atoms with Crippen LogP contribution in [0.25, 0.3) is 0 Å². The molecule has 1 fully saturated rings. The Balaban J connectivity index is 1.58. The molecule has 0 bridgehead atoms. The van der Waals surface area contributed by atoms with Gasteiger partial charge in [0.25, 0.3) is 5.91 Å². The summed E-state index contributed by atoms with van der Waals surface area (Å²) >= 11 is 6.99. The first-order valence-electron chi connectivity index (χ1n) is 8.08. The standard InChI is InChI=1S/C17H16ClN3O5S2/c1-28(24,25)20-8-11-2-4-12(5-3-11)21-10-13(26-17(21)23)9-19-16(22)14-6-7-15(18)27-14/h2-8,13H,9-10H2,1H3,(H,19,22)/t13-/m0/s1. The Hall–Kier alpha value is -2.43. The van der Waals surface area contributed by atoms with E-state index in [0.29, 0.717) is 20.5 Å². The van der Waals surface area contributed by atoms with Crippen molar-refractivity contribution in [1.29, 1.82) is 0 Å². The Morgan fingerprint density at radius 2 is 2.07 bits per heavy atom. The van der Waals surface area contributed by atoms with E-state index < -0.39 is 22.2 Å². The summed E-state index contributed by atoms with van der Waals surface area (Å²) in [7, 11) is -3.45. The van der Waals surface area contributed by atoms with Crippen LogP contribution in [0.15, 0.2) is 40.8 Å². The second kappa shape index (κ2) is 8.29. The van der Waals surface area contributed by atoms with Crippen LogP contribution in [0, 0.1) is 0 Å². The summed E-state index contributed by atoms with van der Waals surface area (Å²) in [5.74, 6) is -0.277. The lowest BCUT2D eigenvalue weighted by Gasteiger charge is -2.13. The molecule has 1 atom stereocenters. The molecular weight excluding hydrogens is 426 g/mol. The molecule has 1 aromatic heterocycles. The van der Waals surface area contributed by atoms with Crippen LogP contribution in [0.1, 0.15) is 15.2 Å². The van der Waals surface area contributed by atoms with Crippen molar-refractivity contribution in [3.63, 3.8) is 0 Å². The van der Waals surface area contributed by atoms with Crippen molar-refractivity contribution < 1.29 is 22.7 Å². The Morgan fingerprint density at radius 3 is 2.68 bits per heavy atom. The number of hydrogen-bond acceptors (Lipinski definition) is 6. The van der Waals surface area contributed by atoms with Gasteiger partial charge in [-0.1, -0.05) is 23.7 Å². The van der Waals surface area contributed by atoms with Gasteiger partial charge in [0.05, 0.1) is 28.6 Å². The van der Waals surface area contributed by atoms with Crippen LogP contribution in [0.2, 0.25) is 4.34 Å². The third-order valence-corrected chi connectivity index (χ3v) is 5.48. The molecule has 1 aliphatic heterocycles. The van der Waals surface area contributed by atoms with Crippen molar-refractivity contribution in [2.24, 2.45) is 4.40 Å². The van der Waals surface area contributed by atoms with Crippen LogP contribution in [0.5, 0.6) is 0 Å². The lowest BCUT2D eigenvalue weighted by molar-refractivity contribution is 0.0920. The molecule has 2 aromatic rings. The molecule has 0 unspecified atom stereocenters. The number of ether oxygens (including phenoxy) is 1. The van der Waals surface area contributed by atoms with Gasteiger partial charge in [-0.05, 0) is 29.8 Å². The second-order valence-electron chi connectivity index (χ2n) is 5.99. The maximum Gasteiger partial charge on any atom is 0.414 e. The molecule has 0 saturated carbocycles. The summed E-state index contributed by atoms with van der Waals surface area (Å²) in [4.78, 5) is 26.1. The lowest BCUT2D eigenvalue weighted by Crippen LogP contribution is -2.34. The summed E-state index contributed by atoms with van der Waals surface area (Å²) in [6.45, 7) is 0.455. The number of hydrogen-bond donors (Lipinski definition) is 1. The van der Waals surface area contributed by atoms with Gasteiger partial charge in [0, 0.05) is 11.9 Å². The van der Waals surface area contributed by atoms with E-state index in [2.05, 4.69) is 9.71 Å². The molecule has 0 spiro atoms. The average molecular weight is 442 g/mol. The molecule has 8 nitrogen and oxygen atoms in total. The fourth-order valence-electron chi connectivity index (χ4n) is 2.47. The van der Waals surface area contributed by atoms with Crippen LogP contribution in [-0.4, -0.2) is 52.1 Å². The molecule has 11 heteroatoms. The Kier molecular flexibility index (Phi) is 6.01. The van der Waals surface area contributed by atoms with Crippen LogP contribution in [0.4, 0.5) is 10.5 Å². The molecule has 28 heavy (non-hydrogen) atoms. The number of nitrogens with one attached hydrogen (secondary N) is 1. The molecule has 148 valence electrons. The van der Waals surface area contributed by atoms with Gasteiger partial charge in [-0.2, -0.15) is 4.40 Å². The lowest BCUT2D eigenvalue weighted by atomic mass is 10.2. The first-order valence-corrected chi connectivity index (χ1v) is 11.1.